The van der Waals surface area contributed by atoms with E-state index < -0.39 is 11.9 Å². The van der Waals surface area contributed by atoms with E-state index >= 15 is 0 Å². The van der Waals surface area contributed by atoms with E-state index in [9.17, 15) is 9.59 Å². The molecule has 0 spiro atoms. The van der Waals surface area contributed by atoms with Crippen LogP contribution in [0.3, 0.4) is 0 Å². The van der Waals surface area contributed by atoms with Crippen molar-refractivity contribution in [1.82, 2.24) is 0 Å². The lowest BCUT2D eigenvalue weighted by Gasteiger charge is -2.07. The Bertz CT molecular complexity index is 266. The van der Waals surface area contributed by atoms with E-state index in [0.29, 0.717) is 24.4 Å². The summed E-state index contributed by atoms with van der Waals surface area (Å²) >= 11 is 0. The fourth-order valence-corrected chi connectivity index (χ4v) is 0.849. The predicted octanol–water partition coefficient (Wildman–Crippen LogP) is 1.84. The van der Waals surface area contributed by atoms with Crippen molar-refractivity contribution in [3.63, 3.8) is 0 Å². The first-order valence-corrected chi connectivity index (χ1v) is 5.06. The molecule has 0 saturated carbocycles. The molecule has 0 heterocycles. The Balaban J connectivity index is 4.48. The number of hydrogen-bond acceptors (Lipinski definition) is 4. The van der Waals surface area contributed by atoms with Crippen LogP contribution in [-0.4, -0.2) is 25.2 Å². The summed E-state index contributed by atoms with van der Waals surface area (Å²) in [6.45, 7) is 7.41. The molecule has 0 aliphatic rings. The van der Waals surface area contributed by atoms with Gasteiger partial charge >= 0.3 is 11.9 Å². The molecule has 0 amide bonds. The highest BCUT2D eigenvalue weighted by molar-refractivity contribution is 5.99. The molecule has 86 valence electrons. The number of carbonyl (C=O) groups excluding carboxylic acids is 2. The van der Waals surface area contributed by atoms with Gasteiger partial charge in [-0.3, -0.25) is 0 Å². The van der Waals surface area contributed by atoms with Gasteiger partial charge in [-0.15, -0.1) is 0 Å². The van der Waals surface area contributed by atoms with Gasteiger partial charge in [0.05, 0.1) is 13.2 Å². The van der Waals surface area contributed by atoms with E-state index in [2.05, 4.69) is 0 Å². The van der Waals surface area contributed by atoms with Crippen LogP contribution in [-0.2, 0) is 19.1 Å². The van der Waals surface area contributed by atoms with Crippen molar-refractivity contribution in [2.24, 2.45) is 0 Å². The number of carbonyl (C=O) groups is 2. The molecular formula is C11H18O4. The summed E-state index contributed by atoms with van der Waals surface area (Å²) in [7, 11) is 0. The lowest BCUT2D eigenvalue weighted by molar-refractivity contribution is -0.142. The van der Waals surface area contributed by atoms with Crippen LogP contribution in [0.4, 0.5) is 0 Å². The van der Waals surface area contributed by atoms with Gasteiger partial charge in [-0.1, -0.05) is 6.92 Å². The Kier molecular flexibility index (Phi) is 6.42. The van der Waals surface area contributed by atoms with Crippen molar-refractivity contribution >= 4 is 11.9 Å². The molecule has 0 aromatic rings. The number of ether oxygens (including phenoxy) is 2. The molecule has 0 bridgehead atoms. The number of hydrogen-bond donors (Lipinski definition) is 0. The van der Waals surface area contributed by atoms with Crippen molar-refractivity contribution in [1.29, 1.82) is 0 Å². The van der Waals surface area contributed by atoms with Gasteiger partial charge in [-0.25, -0.2) is 9.59 Å². The SMILES string of the molecule is CCCOC(=O)C(C)=C(C)C(=O)OCC. The molecule has 0 aliphatic carbocycles. The normalized spacial score (nSPS) is 11.7. The smallest absolute Gasteiger partial charge is 0.334 e. The zero-order valence-electron chi connectivity index (χ0n) is 9.75. The van der Waals surface area contributed by atoms with Gasteiger partial charge in [0.25, 0.3) is 0 Å². The average molecular weight is 214 g/mol. The van der Waals surface area contributed by atoms with Crippen LogP contribution in [0.5, 0.6) is 0 Å². The molecule has 0 radical (unpaired) electrons. The van der Waals surface area contributed by atoms with Crippen molar-refractivity contribution in [3.05, 3.63) is 11.1 Å². The molecule has 0 aromatic heterocycles. The maximum atomic E-state index is 11.4. The standard InChI is InChI=1S/C11H18O4/c1-5-7-15-11(13)9(4)8(3)10(12)14-6-2/h5-7H2,1-4H3. The molecule has 0 fully saturated rings. The second-order valence-corrected chi connectivity index (χ2v) is 3.11. The minimum absolute atomic E-state index is 0.299. The van der Waals surface area contributed by atoms with E-state index in [1.165, 1.54) is 0 Å². The first-order chi connectivity index (χ1) is 7.04. The summed E-state index contributed by atoms with van der Waals surface area (Å²) in [4.78, 5) is 22.6. The van der Waals surface area contributed by atoms with Gasteiger partial charge in [0.2, 0.25) is 0 Å². The van der Waals surface area contributed by atoms with Crippen LogP contribution in [0.1, 0.15) is 34.1 Å². The van der Waals surface area contributed by atoms with Crippen LogP contribution < -0.4 is 0 Å². The fourth-order valence-electron chi connectivity index (χ4n) is 0.849. The zero-order valence-corrected chi connectivity index (χ0v) is 9.75. The van der Waals surface area contributed by atoms with Crippen molar-refractivity contribution in [2.45, 2.75) is 34.1 Å². The molecule has 0 rings (SSSR count). The Morgan fingerprint density at radius 2 is 1.40 bits per heavy atom. The maximum absolute atomic E-state index is 11.4. The summed E-state index contributed by atoms with van der Waals surface area (Å²) in [5.74, 6) is -0.925. The van der Waals surface area contributed by atoms with Gasteiger partial charge in [0, 0.05) is 11.1 Å². The summed E-state index contributed by atoms with van der Waals surface area (Å²) in [6.07, 6.45) is 0.761. The van der Waals surface area contributed by atoms with E-state index in [0.717, 1.165) is 6.42 Å². The molecule has 0 saturated heterocycles. The topological polar surface area (TPSA) is 52.6 Å². The third-order valence-electron chi connectivity index (χ3n) is 1.89. The fraction of sp³-hybridized carbons (Fsp3) is 0.636. The molecule has 15 heavy (non-hydrogen) atoms. The van der Waals surface area contributed by atoms with Gasteiger partial charge in [0.15, 0.2) is 0 Å². The van der Waals surface area contributed by atoms with Gasteiger partial charge in [-0.05, 0) is 27.2 Å². The van der Waals surface area contributed by atoms with E-state index in [1.54, 1.807) is 20.8 Å². The van der Waals surface area contributed by atoms with Gasteiger partial charge < -0.3 is 9.47 Å². The minimum Gasteiger partial charge on any atom is -0.463 e. The van der Waals surface area contributed by atoms with Gasteiger partial charge in [-0.2, -0.15) is 0 Å². The molecule has 0 aliphatic heterocycles. The minimum atomic E-state index is -0.469. The Labute approximate surface area is 90.2 Å². The summed E-state index contributed by atoms with van der Waals surface area (Å²) in [5.41, 5.74) is 0.611. The lowest BCUT2D eigenvalue weighted by Crippen LogP contribution is -2.13. The third kappa shape index (κ3) is 4.63. The molecule has 0 unspecified atom stereocenters. The predicted molar refractivity (Wildman–Crippen MR) is 56.3 cm³/mol. The average Bonchev–Trinajstić information content (AvgIpc) is 2.24. The Morgan fingerprint density at radius 1 is 0.933 bits per heavy atom. The Hall–Kier alpha value is -1.32. The second-order valence-electron chi connectivity index (χ2n) is 3.11. The van der Waals surface area contributed by atoms with E-state index in [4.69, 9.17) is 9.47 Å². The molecule has 4 heteroatoms. The highest BCUT2D eigenvalue weighted by Crippen LogP contribution is 2.07. The monoisotopic (exact) mass is 214 g/mol. The third-order valence-corrected chi connectivity index (χ3v) is 1.89. The van der Waals surface area contributed by atoms with Gasteiger partial charge in [0.1, 0.15) is 0 Å². The molecule has 0 aromatic carbocycles. The highest BCUT2D eigenvalue weighted by atomic mass is 16.5. The summed E-state index contributed by atoms with van der Waals surface area (Å²) in [6, 6.07) is 0. The van der Waals surface area contributed by atoms with Crippen LogP contribution in [0.15, 0.2) is 11.1 Å². The van der Waals surface area contributed by atoms with E-state index in [-0.39, 0.29) is 0 Å². The van der Waals surface area contributed by atoms with Crippen LogP contribution in [0, 0.1) is 0 Å². The van der Waals surface area contributed by atoms with Crippen LogP contribution >= 0.6 is 0 Å². The first-order valence-electron chi connectivity index (χ1n) is 5.06. The quantitative estimate of drug-likeness (QED) is 0.517. The van der Waals surface area contributed by atoms with E-state index in [1.807, 2.05) is 6.92 Å². The lowest BCUT2D eigenvalue weighted by atomic mass is 10.1. The maximum Gasteiger partial charge on any atom is 0.334 e. The number of esters is 2. The largest absolute Gasteiger partial charge is 0.463 e. The molecule has 0 atom stereocenters. The summed E-state index contributed by atoms with van der Waals surface area (Å²) < 4.78 is 9.67. The second kappa shape index (κ2) is 7.04. The molecule has 0 N–H and O–H groups in total. The zero-order chi connectivity index (χ0) is 11.8. The number of rotatable bonds is 5. The van der Waals surface area contributed by atoms with Crippen molar-refractivity contribution in [2.75, 3.05) is 13.2 Å². The van der Waals surface area contributed by atoms with Crippen LogP contribution in [0.25, 0.3) is 0 Å². The van der Waals surface area contributed by atoms with Crippen LogP contribution in [0.2, 0.25) is 0 Å². The highest BCUT2D eigenvalue weighted by Gasteiger charge is 2.15. The van der Waals surface area contributed by atoms with Crippen molar-refractivity contribution < 1.29 is 19.1 Å². The summed E-state index contributed by atoms with van der Waals surface area (Å²) in [5, 5.41) is 0. The molecule has 4 nitrogen and oxygen atoms in total. The first kappa shape index (κ1) is 13.7. The Morgan fingerprint density at radius 3 is 1.80 bits per heavy atom. The molecular weight excluding hydrogens is 196 g/mol. The van der Waals surface area contributed by atoms with Crippen molar-refractivity contribution in [3.8, 4) is 0 Å².